The van der Waals surface area contributed by atoms with Gasteiger partial charge in [0.15, 0.2) is 0 Å². The molecule has 0 bridgehead atoms. The highest BCUT2D eigenvalue weighted by Crippen LogP contribution is 2.35. The molecule has 0 aliphatic rings. The second-order valence-corrected chi connectivity index (χ2v) is 4.93. The number of halogens is 4. The van der Waals surface area contributed by atoms with Gasteiger partial charge in [0.2, 0.25) is 0 Å². The molecular formula is C15H14ClF3N2. The molecule has 0 amide bonds. The normalized spacial score (nSPS) is 11.5. The van der Waals surface area contributed by atoms with Gasteiger partial charge in [-0.25, -0.2) is 5.43 Å². The maximum absolute atomic E-state index is 12.7. The molecule has 2 nitrogen and oxygen atoms in total. The lowest BCUT2D eigenvalue weighted by atomic mass is 10.0. The van der Waals surface area contributed by atoms with Crippen LogP contribution in [-0.2, 0) is 12.7 Å². The molecule has 0 radical (unpaired) electrons. The fourth-order valence-corrected chi connectivity index (χ4v) is 2.18. The van der Waals surface area contributed by atoms with Gasteiger partial charge in [-0.3, -0.25) is 0 Å². The fraction of sp³-hybridized carbons (Fsp3) is 0.200. The number of rotatable bonds is 4. The van der Waals surface area contributed by atoms with Gasteiger partial charge < -0.3 is 5.43 Å². The van der Waals surface area contributed by atoms with Crippen molar-refractivity contribution >= 4 is 17.3 Å². The molecule has 0 saturated heterocycles. The lowest BCUT2D eigenvalue weighted by molar-refractivity contribution is -0.138. The van der Waals surface area contributed by atoms with Crippen molar-refractivity contribution < 1.29 is 13.2 Å². The summed E-state index contributed by atoms with van der Waals surface area (Å²) in [6.07, 6.45) is -4.39. The van der Waals surface area contributed by atoms with E-state index in [1.54, 1.807) is 0 Å². The number of alkyl halides is 3. The highest BCUT2D eigenvalue weighted by Gasteiger charge is 2.33. The SMILES string of the molecule is Cc1c(C(F)(F)F)ccc(CNNc2ccccc2)c1Cl. The summed E-state index contributed by atoms with van der Waals surface area (Å²) in [7, 11) is 0. The minimum Gasteiger partial charge on any atom is -0.321 e. The Kier molecular flexibility index (Phi) is 4.75. The second kappa shape index (κ2) is 6.37. The van der Waals surface area contributed by atoms with Crippen LogP contribution < -0.4 is 10.9 Å². The van der Waals surface area contributed by atoms with Crippen molar-refractivity contribution in [3.63, 3.8) is 0 Å². The molecule has 6 heteroatoms. The third-order valence-electron chi connectivity index (χ3n) is 3.06. The van der Waals surface area contributed by atoms with Gasteiger partial charge >= 0.3 is 6.18 Å². The predicted octanol–water partition coefficient (Wildman–Crippen LogP) is 4.78. The zero-order chi connectivity index (χ0) is 15.5. The molecule has 0 heterocycles. The van der Waals surface area contributed by atoms with Crippen LogP contribution in [0.5, 0.6) is 0 Å². The maximum atomic E-state index is 12.7. The van der Waals surface area contributed by atoms with Gasteiger partial charge in [0.1, 0.15) is 0 Å². The average molecular weight is 315 g/mol. The van der Waals surface area contributed by atoms with Gasteiger partial charge in [-0.2, -0.15) is 13.2 Å². The van der Waals surface area contributed by atoms with Crippen molar-refractivity contribution in [3.05, 3.63) is 64.2 Å². The van der Waals surface area contributed by atoms with Crippen molar-refractivity contribution in [1.29, 1.82) is 0 Å². The van der Waals surface area contributed by atoms with E-state index in [0.29, 0.717) is 12.1 Å². The summed E-state index contributed by atoms with van der Waals surface area (Å²) in [6, 6.07) is 11.8. The molecule has 0 aromatic heterocycles. The summed E-state index contributed by atoms with van der Waals surface area (Å²) < 4.78 is 38.2. The van der Waals surface area contributed by atoms with Gasteiger partial charge in [-0.15, -0.1) is 0 Å². The van der Waals surface area contributed by atoms with Crippen LogP contribution in [0.1, 0.15) is 16.7 Å². The van der Waals surface area contributed by atoms with E-state index < -0.39 is 11.7 Å². The molecular weight excluding hydrogens is 301 g/mol. The monoisotopic (exact) mass is 314 g/mol. The number of hydrazine groups is 1. The Balaban J connectivity index is 2.06. The third-order valence-corrected chi connectivity index (χ3v) is 3.58. The van der Waals surface area contributed by atoms with E-state index in [9.17, 15) is 13.2 Å². The molecule has 2 aromatic carbocycles. The van der Waals surface area contributed by atoms with E-state index in [0.717, 1.165) is 11.8 Å². The highest BCUT2D eigenvalue weighted by molar-refractivity contribution is 6.32. The Morgan fingerprint density at radius 2 is 1.71 bits per heavy atom. The lowest BCUT2D eigenvalue weighted by Crippen LogP contribution is -2.21. The minimum atomic E-state index is -4.39. The van der Waals surface area contributed by atoms with Crippen molar-refractivity contribution in [2.75, 3.05) is 5.43 Å². The van der Waals surface area contributed by atoms with Crippen LogP contribution in [0.3, 0.4) is 0 Å². The van der Waals surface area contributed by atoms with E-state index in [4.69, 9.17) is 11.6 Å². The van der Waals surface area contributed by atoms with Crippen LogP contribution in [0.25, 0.3) is 0 Å². The highest BCUT2D eigenvalue weighted by atomic mass is 35.5. The zero-order valence-corrected chi connectivity index (χ0v) is 12.0. The fourth-order valence-electron chi connectivity index (χ4n) is 1.95. The molecule has 112 valence electrons. The zero-order valence-electron chi connectivity index (χ0n) is 11.3. The van der Waals surface area contributed by atoms with Crippen molar-refractivity contribution in [3.8, 4) is 0 Å². The first-order valence-corrected chi connectivity index (χ1v) is 6.66. The largest absolute Gasteiger partial charge is 0.416 e. The molecule has 0 atom stereocenters. The van der Waals surface area contributed by atoms with Crippen LogP contribution in [-0.4, -0.2) is 0 Å². The summed E-state index contributed by atoms with van der Waals surface area (Å²) in [5.74, 6) is 0. The first kappa shape index (κ1) is 15.7. The third kappa shape index (κ3) is 3.89. The van der Waals surface area contributed by atoms with Gasteiger partial charge in [0.25, 0.3) is 0 Å². The number of hydrogen-bond donors (Lipinski definition) is 2. The standard InChI is InChI=1S/C15H14ClF3N2/c1-10-13(15(17,18)19)8-7-11(14(10)16)9-20-21-12-5-3-2-4-6-12/h2-8,20-21H,9H2,1H3. The molecule has 0 aliphatic carbocycles. The lowest BCUT2D eigenvalue weighted by Gasteiger charge is -2.15. The Bertz CT molecular complexity index is 612. The van der Waals surface area contributed by atoms with Gasteiger partial charge in [0, 0.05) is 17.3 Å². The van der Waals surface area contributed by atoms with Crippen LogP contribution >= 0.6 is 11.6 Å². The number of nitrogens with one attached hydrogen (secondary N) is 2. The Morgan fingerprint density at radius 3 is 2.33 bits per heavy atom. The summed E-state index contributed by atoms with van der Waals surface area (Å²) in [5, 5.41) is 0.132. The van der Waals surface area contributed by atoms with Gasteiger partial charge in [-0.1, -0.05) is 35.9 Å². The smallest absolute Gasteiger partial charge is 0.321 e. The molecule has 21 heavy (non-hydrogen) atoms. The molecule has 0 fully saturated rings. The summed E-state index contributed by atoms with van der Waals surface area (Å²) in [6.45, 7) is 1.69. The van der Waals surface area contributed by atoms with Gasteiger partial charge in [0.05, 0.1) is 5.56 Å². The predicted molar refractivity (Wildman–Crippen MR) is 78.1 cm³/mol. The number of para-hydroxylation sites is 1. The van der Waals surface area contributed by atoms with Crippen LogP contribution in [0.2, 0.25) is 5.02 Å². The van der Waals surface area contributed by atoms with Crippen LogP contribution in [0, 0.1) is 6.92 Å². The molecule has 2 N–H and O–H groups in total. The Morgan fingerprint density at radius 1 is 1.05 bits per heavy atom. The van der Waals surface area contributed by atoms with E-state index in [-0.39, 0.29) is 10.6 Å². The second-order valence-electron chi connectivity index (χ2n) is 4.55. The van der Waals surface area contributed by atoms with E-state index >= 15 is 0 Å². The van der Waals surface area contributed by atoms with Crippen molar-refractivity contribution in [2.45, 2.75) is 19.6 Å². The molecule has 0 spiro atoms. The van der Waals surface area contributed by atoms with E-state index in [1.165, 1.54) is 13.0 Å². The van der Waals surface area contributed by atoms with Crippen LogP contribution in [0.15, 0.2) is 42.5 Å². The quantitative estimate of drug-likeness (QED) is 0.793. The van der Waals surface area contributed by atoms with Crippen LogP contribution in [0.4, 0.5) is 18.9 Å². The molecule has 0 unspecified atom stereocenters. The molecule has 2 aromatic rings. The topological polar surface area (TPSA) is 24.1 Å². The average Bonchev–Trinajstić information content (AvgIpc) is 2.43. The molecule has 0 saturated carbocycles. The minimum absolute atomic E-state index is 0.0446. The molecule has 2 rings (SSSR count). The summed E-state index contributed by atoms with van der Waals surface area (Å²) >= 11 is 6.02. The van der Waals surface area contributed by atoms with Crippen molar-refractivity contribution in [2.24, 2.45) is 0 Å². The number of anilines is 1. The Labute approximate surface area is 125 Å². The Hall–Kier alpha value is -1.72. The first-order valence-electron chi connectivity index (χ1n) is 6.28. The maximum Gasteiger partial charge on any atom is 0.416 e. The first-order chi connectivity index (χ1) is 9.89. The van der Waals surface area contributed by atoms with Crippen molar-refractivity contribution in [1.82, 2.24) is 5.43 Å². The van der Waals surface area contributed by atoms with E-state index in [1.807, 2.05) is 30.3 Å². The summed E-state index contributed by atoms with van der Waals surface area (Å²) in [5.41, 5.74) is 6.69. The van der Waals surface area contributed by atoms with E-state index in [2.05, 4.69) is 10.9 Å². The summed E-state index contributed by atoms with van der Waals surface area (Å²) in [4.78, 5) is 0. The number of hydrogen-bond acceptors (Lipinski definition) is 2. The molecule has 0 aliphatic heterocycles. The van der Waals surface area contributed by atoms with Gasteiger partial charge in [-0.05, 0) is 36.2 Å². The number of benzene rings is 2.